The highest BCUT2D eigenvalue weighted by Crippen LogP contribution is 2.42. The number of carbonyl (C=O) groups is 2. The van der Waals surface area contributed by atoms with Gasteiger partial charge >= 0.3 is 0 Å². The molecular weight excluding hydrogens is 402 g/mol. The van der Waals surface area contributed by atoms with Crippen LogP contribution in [-0.2, 0) is 22.6 Å². The van der Waals surface area contributed by atoms with E-state index in [9.17, 15) is 9.59 Å². The second-order valence-corrected chi connectivity index (χ2v) is 8.67. The molecule has 4 aromatic rings. The van der Waals surface area contributed by atoms with Crippen molar-refractivity contribution in [3.63, 3.8) is 0 Å². The van der Waals surface area contributed by atoms with E-state index in [2.05, 4.69) is 35.3 Å². The third-order valence-corrected chi connectivity index (χ3v) is 6.66. The lowest BCUT2D eigenvalue weighted by atomic mass is 9.86. The molecule has 0 spiro atoms. The molecular formula is C26H23N3O3. The molecule has 6 heteroatoms. The maximum absolute atomic E-state index is 13.6. The average molecular weight is 425 g/mol. The van der Waals surface area contributed by atoms with Crippen LogP contribution in [0.15, 0.2) is 71.3 Å². The Labute approximate surface area is 185 Å². The normalized spacial score (nSPS) is 20.5. The van der Waals surface area contributed by atoms with Crippen molar-refractivity contribution < 1.29 is 14.0 Å². The van der Waals surface area contributed by atoms with Crippen molar-refractivity contribution in [2.45, 2.75) is 32.0 Å². The molecule has 0 saturated carbocycles. The number of furan rings is 1. The minimum absolute atomic E-state index is 0.0333. The fourth-order valence-corrected chi connectivity index (χ4v) is 5.14. The quantitative estimate of drug-likeness (QED) is 0.540. The SMILES string of the molecule is Cc1ccc([C@H]2c3[nH]c4ccccc4c3C[C@H]3C(=O)N(Cc4ccco4)CC(=O)N23)cc1. The number of aryl methyl sites for hydroxylation is 1. The van der Waals surface area contributed by atoms with Gasteiger partial charge in [-0.3, -0.25) is 9.59 Å². The second-order valence-electron chi connectivity index (χ2n) is 8.67. The molecule has 2 aliphatic rings. The van der Waals surface area contributed by atoms with Crippen molar-refractivity contribution in [1.29, 1.82) is 0 Å². The highest BCUT2D eigenvalue weighted by molar-refractivity contribution is 5.97. The summed E-state index contributed by atoms with van der Waals surface area (Å²) in [5.41, 5.74) is 5.32. The standard InChI is InChI=1S/C26H23N3O3/c1-16-8-10-17(11-9-16)25-24-20(19-6-2-3-7-21(19)27-24)13-22-26(31)28(15-23(30)29(22)25)14-18-5-4-12-32-18/h2-12,22,25,27H,13-15H2,1H3/t22-,25-/m0/s1. The minimum atomic E-state index is -0.538. The number of nitrogens with one attached hydrogen (secondary N) is 1. The number of nitrogens with zero attached hydrogens (tertiary/aromatic N) is 2. The molecule has 6 rings (SSSR count). The number of aromatic nitrogens is 1. The van der Waals surface area contributed by atoms with Crippen LogP contribution in [0.4, 0.5) is 0 Å². The Hall–Kier alpha value is -3.80. The summed E-state index contributed by atoms with van der Waals surface area (Å²) in [6.45, 7) is 2.40. The van der Waals surface area contributed by atoms with Crippen LogP contribution in [0.25, 0.3) is 10.9 Å². The highest BCUT2D eigenvalue weighted by Gasteiger charge is 2.48. The summed E-state index contributed by atoms with van der Waals surface area (Å²) >= 11 is 0. The van der Waals surface area contributed by atoms with Gasteiger partial charge in [-0.25, -0.2) is 0 Å². The van der Waals surface area contributed by atoms with E-state index >= 15 is 0 Å². The summed E-state index contributed by atoms with van der Waals surface area (Å²) in [5, 5.41) is 1.11. The molecule has 32 heavy (non-hydrogen) atoms. The first kappa shape index (κ1) is 18.9. The van der Waals surface area contributed by atoms with Crippen molar-refractivity contribution in [3.05, 3.63) is 95.1 Å². The smallest absolute Gasteiger partial charge is 0.246 e. The van der Waals surface area contributed by atoms with Crippen LogP contribution >= 0.6 is 0 Å². The monoisotopic (exact) mass is 425 g/mol. The Kier molecular flexibility index (Phi) is 4.21. The predicted molar refractivity (Wildman–Crippen MR) is 120 cm³/mol. The number of benzene rings is 2. The van der Waals surface area contributed by atoms with E-state index < -0.39 is 6.04 Å². The highest BCUT2D eigenvalue weighted by atomic mass is 16.3. The number of hydrogen-bond donors (Lipinski definition) is 1. The first-order valence-corrected chi connectivity index (χ1v) is 10.9. The van der Waals surface area contributed by atoms with Gasteiger partial charge in [0, 0.05) is 23.0 Å². The molecule has 2 amide bonds. The van der Waals surface area contributed by atoms with E-state index in [0.29, 0.717) is 18.7 Å². The lowest BCUT2D eigenvalue weighted by molar-refractivity contribution is -0.159. The summed E-state index contributed by atoms with van der Waals surface area (Å²) in [6, 6.07) is 19.1. The topological polar surface area (TPSA) is 69.5 Å². The number of H-pyrrole nitrogens is 1. The van der Waals surface area contributed by atoms with Crippen LogP contribution in [0, 0.1) is 6.92 Å². The first-order chi connectivity index (χ1) is 15.6. The average Bonchev–Trinajstić information content (AvgIpc) is 3.44. The maximum Gasteiger partial charge on any atom is 0.246 e. The molecule has 0 aliphatic carbocycles. The van der Waals surface area contributed by atoms with Crippen molar-refractivity contribution >= 4 is 22.7 Å². The molecule has 0 radical (unpaired) electrons. The summed E-state index contributed by atoms with van der Waals surface area (Å²) in [5.74, 6) is 0.600. The molecule has 2 aromatic heterocycles. The number of aromatic amines is 1. The Bertz CT molecular complexity index is 1320. The molecule has 2 aromatic carbocycles. The van der Waals surface area contributed by atoms with Crippen LogP contribution in [0.2, 0.25) is 0 Å². The van der Waals surface area contributed by atoms with Gasteiger partial charge in [-0.2, -0.15) is 0 Å². The number of piperazine rings is 1. The van der Waals surface area contributed by atoms with E-state index in [-0.39, 0.29) is 24.4 Å². The van der Waals surface area contributed by atoms with Crippen LogP contribution in [0.1, 0.15) is 34.2 Å². The lowest BCUT2D eigenvalue weighted by Gasteiger charge is -2.47. The molecule has 160 valence electrons. The van der Waals surface area contributed by atoms with Crippen LogP contribution in [0.3, 0.4) is 0 Å². The second kappa shape index (κ2) is 7.12. The molecule has 0 unspecified atom stereocenters. The van der Waals surface area contributed by atoms with E-state index in [1.807, 2.05) is 31.2 Å². The van der Waals surface area contributed by atoms with Crippen molar-refractivity contribution in [2.75, 3.05) is 6.54 Å². The number of para-hydroxylation sites is 1. The summed E-state index contributed by atoms with van der Waals surface area (Å²) in [4.78, 5) is 34.1. The number of fused-ring (bicyclic) bond motifs is 4. The van der Waals surface area contributed by atoms with Gasteiger partial charge in [-0.05, 0) is 36.2 Å². The van der Waals surface area contributed by atoms with E-state index in [1.165, 1.54) is 0 Å². The van der Waals surface area contributed by atoms with Gasteiger partial charge in [-0.1, -0.05) is 48.0 Å². The van der Waals surface area contributed by atoms with E-state index in [4.69, 9.17) is 4.42 Å². The number of hydrogen-bond acceptors (Lipinski definition) is 3. The Morgan fingerprint density at radius 3 is 2.62 bits per heavy atom. The maximum atomic E-state index is 13.6. The molecule has 2 aliphatic heterocycles. The Morgan fingerprint density at radius 1 is 1.03 bits per heavy atom. The van der Waals surface area contributed by atoms with Gasteiger partial charge in [0.2, 0.25) is 11.8 Å². The molecule has 2 atom stereocenters. The molecule has 1 fully saturated rings. The molecule has 0 bridgehead atoms. The lowest BCUT2D eigenvalue weighted by Crippen LogP contribution is -2.62. The van der Waals surface area contributed by atoms with Crippen LogP contribution in [-0.4, -0.2) is 39.2 Å². The van der Waals surface area contributed by atoms with E-state index in [1.54, 1.807) is 22.1 Å². The van der Waals surface area contributed by atoms with Crippen molar-refractivity contribution in [2.24, 2.45) is 0 Å². The molecule has 6 nitrogen and oxygen atoms in total. The van der Waals surface area contributed by atoms with Gasteiger partial charge in [0.1, 0.15) is 18.3 Å². The van der Waals surface area contributed by atoms with Crippen LogP contribution < -0.4 is 0 Å². The van der Waals surface area contributed by atoms with Gasteiger partial charge in [-0.15, -0.1) is 0 Å². The number of carbonyl (C=O) groups excluding carboxylic acids is 2. The first-order valence-electron chi connectivity index (χ1n) is 10.9. The van der Waals surface area contributed by atoms with Gasteiger partial charge in [0.25, 0.3) is 0 Å². The molecule has 1 saturated heterocycles. The van der Waals surface area contributed by atoms with Crippen molar-refractivity contribution in [3.8, 4) is 0 Å². The Balaban J connectivity index is 1.48. The fraction of sp³-hybridized carbons (Fsp3) is 0.231. The zero-order valence-corrected chi connectivity index (χ0v) is 17.7. The Morgan fingerprint density at radius 2 is 1.84 bits per heavy atom. The third kappa shape index (κ3) is 2.87. The van der Waals surface area contributed by atoms with Gasteiger partial charge < -0.3 is 19.2 Å². The number of amides is 2. The predicted octanol–water partition coefficient (Wildman–Crippen LogP) is 3.95. The zero-order valence-electron chi connectivity index (χ0n) is 17.7. The molecule has 4 heterocycles. The third-order valence-electron chi connectivity index (χ3n) is 6.66. The van der Waals surface area contributed by atoms with Crippen molar-refractivity contribution in [1.82, 2.24) is 14.8 Å². The van der Waals surface area contributed by atoms with Gasteiger partial charge in [0.05, 0.1) is 18.8 Å². The largest absolute Gasteiger partial charge is 0.467 e. The summed E-state index contributed by atoms with van der Waals surface area (Å²) in [6.07, 6.45) is 2.09. The summed E-state index contributed by atoms with van der Waals surface area (Å²) < 4.78 is 5.44. The van der Waals surface area contributed by atoms with Crippen LogP contribution in [0.5, 0.6) is 0 Å². The zero-order chi connectivity index (χ0) is 21.8. The minimum Gasteiger partial charge on any atom is -0.467 e. The number of rotatable bonds is 3. The fourth-order valence-electron chi connectivity index (χ4n) is 5.14. The van der Waals surface area contributed by atoms with E-state index in [0.717, 1.165) is 33.3 Å². The van der Waals surface area contributed by atoms with Gasteiger partial charge in [0.15, 0.2) is 0 Å². The summed E-state index contributed by atoms with van der Waals surface area (Å²) in [7, 11) is 0. The molecule has 1 N–H and O–H groups in total.